The van der Waals surface area contributed by atoms with Gasteiger partial charge in [0.05, 0.1) is 0 Å². The molecular weight excluding hydrogens is 916 g/mol. The van der Waals surface area contributed by atoms with Gasteiger partial charge in [0.2, 0.25) is 0 Å². The summed E-state index contributed by atoms with van der Waals surface area (Å²) in [6, 6.07) is 66.2. The van der Waals surface area contributed by atoms with Crippen molar-refractivity contribution in [3.63, 3.8) is 0 Å². The number of para-hydroxylation sites is 3. The second kappa shape index (κ2) is 12.3. The molecule has 0 fully saturated rings. The number of benzene rings is 7. The van der Waals surface area contributed by atoms with Gasteiger partial charge in [-0.1, -0.05) is 0 Å². The van der Waals surface area contributed by atoms with Gasteiger partial charge in [-0.15, -0.1) is 0 Å². The number of fused-ring (bicyclic) bond motifs is 12. The predicted molar refractivity (Wildman–Crippen MR) is 220 cm³/mol. The van der Waals surface area contributed by atoms with Gasteiger partial charge in [0.25, 0.3) is 0 Å². The van der Waals surface area contributed by atoms with Gasteiger partial charge in [-0.2, -0.15) is 0 Å². The van der Waals surface area contributed by atoms with E-state index in [-0.39, 0.29) is 21.1 Å². The van der Waals surface area contributed by atoms with Crippen LogP contribution in [0, 0.1) is 18.8 Å². The van der Waals surface area contributed by atoms with Crippen LogP contribution in [0.1, 0.15) is 0 Å². The normalized spacial score (nSPS) is 14.0. The summed E-state index contributed by atoms with van der Waals surface area (Å²) in [6.07, 6.45) is 1.83. The number of hydrogen-bond acceptors (Lipinski definition) is 4. The molecule has 2 aromatic heterocycles. The van der Waals surface area contributed by atoms with Crippen LogP contribution in [0.3, 0.4) is 0 Å². The van der Waals surface area contributed by atoms with Crippen LogP contribution < -0.4 is 32.1 Å². The topological polar surface area (TPSA) is 33.5 Å². The third-order valence-corrected chi connectivity index (χ3v) is 21.6. The van der Waals surface area contributed by atoms with Crippen molar-refractivity contribution in [3.8, 4) is 28.4 Å². The molecule has 0 atom stereocenters. The van der Waals surface area contributed by atoms with E-state index in [2.05, 4.69) is 173 Å². The Morgan fingerprint density at radius 3 is 2.04 bits per heavy atom. The fourth-order valence-corrected chi connectivity index (χ4v) is 20.8. The van der Waals surface area contributed by atoms with Crippen LogP contribution in [0.5, 0.6) is 11.5 Å². The van der Waals surface area contributed by atoms with Gasteiger partial charge in [0.1, 0.15) is 0 Å². The molecule has 0 N–H and O–H groups in total. The monoisotopic (exact) mass is 946 g/mol. The van der Waals surface area contributed by atoms with E-state index in [1.54, 1.807) is 0 Å². The standard InChI is InChI=1S/C48H29GeN4O.Pt/c1-2-13-32(14-3-1)51-31-52-46-30-34(54-33-24-26-38-37-17-6-9-21-43(37)53(45(38)29-33)47-23-10-11-28-50-47)25-27-41(46)49(42-20-12-22-44(51)48(42)52)39-18-7-4-15-35(39)36-16-5-8-19-40(36)49;/h1-28,31H;/q-3;. The number of rotatable bonds is 4. The molecule has 0 bridgehead atoms. The molecule has 3 aliphatic heterocycles. The Labute approximate surface area is 335 Å². The SMILES string of the molecule is [Pt].[c-]1c(Oc2[c-]c3c(cc2)c2ccccc2n3-c2ccccn2)cc[c]2c1N1[CH-]N(c3ccccc3)c3ccc[c](c31)[Ge]21[c]2ccccc2-c2cccc[c]21. The van der Waals surface area contributed by atoms with Crippen molar-refractivity contribution in [2.45, 2.75) is 0 Å². The first kappa shape index (κ1) is 32.5. The Bertz CT molecular complexity index is 2940. The number of pyridine rings is 1. The van der Waals surface area contributed by atoms with Crippen LogP contribution in [-0.2, 0) is 21.1 Å². The number of nitrogens with zero attached hydrogens (tertiary/aromatic N) is 4. The molecule has 5 heterocycles. The molecule has 0 aliphatic carbocycles. The Kier molecular flexibility index (Phi) is 7.29. The van der Waals surface area contributed by atoms with Crippen LogP contribution in [0.25, 0.3) is 38.8 Å². The zero-order chi connectivity index (χ0) is 35.4. The minimum atomic E-state index is -3.55. The number of hydrogen-bond donors (Lipinski definition) is 0. The first-order valence-electron chi connectivity index (χ1n) is 18.2. The molecule has 0 saturated heterocycles. The summed E-state index contributed by atoms with van der Waals surface area (Å²) in [5.41, 5.74) is 9.27. The van der Waals surface area contributed by atoms with Crippen molar-refractivity contribution in [2.24, 2.45) is 0 Å². The molecule has 0 radical (unpaired) electrons. The average Bonchev–Trinajstić information content (AvgIpc) is 3.88. The molecule has 0 unspecified atom stereocenters. The summed E-state index contributed by atoms with van der Waals surface area (Å²) < 4.78 is 14.6. The van der Waals surface area contributed by atoms with Gasteiger partial charge in [0.15, 0.2) is 0 Å². The van der Waals surface area contributed by atoms with Crippen molar-refractivity contribution >= 4 is 75.4 Å². The molecule has 0 saturated carbocycles. The van der Waals surface area contributed by atoms with E-state index in [9.17, 15) is 0 Å². The third-order valence-electron chi connectivity index (χ3n) is 11.3. The van der Waals surface area contributed by atoms with Gasteiger partial charge >= 0.3 is 311 Å². The zero-order valence-corrected chi connectivity index (χ0v) is 33.6. The summed E-state index contributed by atoms with van der Waals surface area (Å²) in [4.78, 5) is 9.38. The molecule has 9 aromatic rings. The van der Waals surface area contributed by atoms with E-state index in [4.69, 9.17) is 9.72 Å². The molecule has 7 aromatic carbocycles. The van der Waals surface area contributed by atoms with Crippen molar-refractivity contribution in [2.75, 3.05) is 9.80 Å². The predicted octanol–water partition coefficient (Wildman–Crippen LogP) is 8.65. The van der Waals surface area contributed by atoms with E-state index in [1.807, 2.05) is 30.5 Å². The van der Waals surface area contributed by atoms with Crippen LogP contribution in [0.15, 0.2) is 170 Å². The van der Waals surface area contributed by atoms with Gasteiger partial charge < -0.3 is 0 Å². The number of anilines is 4. The maximum atomic E-state index is 6.76. The minimum absolute atomic E-state index is 0. The van der Waals surface area contributed by atoms with Gasteiger partial charge in [-0.3, -0.25) is 0 Å². The van der Waals surface area contributed by atoms with Crippen molar-refractivity contribution in [1.29, 1.82) is 0 Å². The second-order valence-corrected chi connectivity index (χ2v) is 21.7. The van der Waals surface area contributed by atoms with Crippen LogP contribution >= 0.6 is 0 Å². The Morgan fingerprint density at radius 2 is 1.24 bits per heavy atom. The first-order valence-corrected chi connectivity index (χ1v) is 22.4. The van der Waals surface area contributed by atoms with E-state index in [0.717, 1.165) is 39.0 Å². The Hall–Kier alpha value is -5.88. The van der Waals surface area contributed by atoms with Crippen LogP contribution in [-0.4, -0.2) is 22.8 Å². The molecule has 12 rings (SSSR count). The van der Waals surface area contributed by atoms with Gasteiger partial charge in [-0.25, -0.2) is 0 Å². The molecule has 264 valence electrons. The van der Waals surface area contributed by atoms with E-state index in [1.165, 1.54) is 40.1 Å². The van der Waals surface area contributed by atoms with Gasteiger partial charge in [-0.05, 0) is 6.07 Å². The Morgan fingerprint density at radius 1 is 0.545 bits per heavy atom. The Balaban J connectivity index is 0.00000352. The molecule has 0 amide bonds. The average molecular weight is 945 g/mol. The first-order chi connectivity index (χ1) is 26.8. The molecule has 5 nitrogen and oxygen atoms in total. The maximum absolute atomic E-state index is 6.76. The summed E-state index contributed by atoms with van der Waals surface area (Å²) in [7, 11) is 0. The molecule has 1 spiro atoms. The van der Waals surface area contributed by atoms with Crippen molar-refractivity contribution in [3.05, 3.63) is 189 Å². The molecule has 7 heteroatoms. The number of ether oxygens (including phenoxy) is 1. The summed E-state index contributed by atoms with van der Waals surface area (Å²) in [6.45, 7) is 2.23. The molecular formula is C48H29GeN4OPt-3. The van der Waals surface area contributed by atoms with Crippen LogP contribution in [0.2, 0.25) is 0 Å². The summed E-state index contributed by atoms with van der Waals surface area (Å²) >= 11 is -3.55. The van der Waals surface area contributed by atoms with E-state index < -0.39 is 13.3 Å². The van der Waals surface area contributed by atoms with E-state index >= 15 is 0 Å². The van der Waals surface area contributed by atoms with Gasteiger partial charge in [0, 0.05) is 21.1 Å². The van der Waals surface area contributed by atoms with E-state index in [0.29, 0.717) is 11.5 Å². The number of aromatic nitrogens is 2. The van der Waals surface area contributed by atoms with Crippen molar-refractivity contribution < 1.29 is 25.8 Å². The molecule has 3 aliphatic rings. The second-order valence-electron chi connectivity index (χ2n) is 14.0. The summed E-state index contributed by atoms with van der Waals surface area (Å²) in [5.74, 6) is 2.11. The van der Waals surface area contributed by atoms with Crippen LogP contribution in [0.4, 0.5) is 22.7 Å². The summed E-state index contributed by atoms with van der Waals surface area (Å²) in [5, 5.41) is 2.25. The fourth-order valence-electron chi connectivity index (χ4n) is 9.23. The molecule has 55 heavy (non-hydrogen) atoms. The zero-order valence-electron chi connectivity index (χ0n) is 29.3. The van der Waals surface area contributed by atoms with Crippen molar-refractivity contribution in [1.82, 2.24) is 9.55 Å². The quantitative estimate of drug-likeness (QED) is 0.131. The fraction of sp³-hybridized carbons (Fsp3) is 0. The third kappa shape index (κ3) is 4.48.